The number of imide groups is 1. The summed E-state index contributed by atoms with van der Waals surface area (Å²) in [5.74, 6) is -0.747. The van der Waals surface area contributed by atoms with Gasteiger partial charge in [-0.25, -0.2) is 0 Å². The molecule has 0 aliphatic carbocycles. The van der Waals surface area contributed by atoms with E-state index in [1.54, 1.807) is 6.20 Å². The van der Waals surface area contributed by atoms with Crippen LogP contribution in [0.5, 0.6) is 0 Å². The predicted molar refractivity (Wildman–Crippen MR) is 121 cm³/mol. The van der Waals surface area contributed by atoms with Gasteiger partial charge < -0.3 is 9.55 Å². The van der Waals surface area contributed by atoms with Crippen LogP contribution in [0.3, 0.4) is 0 Å². The predicted octanol–water partition coefficient (Wildman–Crippen LogP) is 5.23. The zero-order chi connectivity index (χ0) is 20.3. The Hall–Kier alpha value is -2.64. The molecule has 2 N–H and O–H groups in total. The molecule has 5 rings (SSSR count). The highest BCUT2D eigenvalue weighted by atomic mass is 79.9. The topological polar surface area (TPSA) is 66.9 Å². The standard InChI is InChI=1S/C22H15Br2N3O2/c1-2-27-10-16(14-8-12(24)4-6-18(14)27)20-19(21(28)26-22(20)29)15-9-25-17-5-3-11(23)7-13(15)17/h3-10,25H,2H2,1H3,(H,26,28,29). The first kappa shape index (κ1) is 18.4. The lowest BCUT2D eigenvalue weighted by Crippen LogP contribution is -2.22. The number of nitrogens with one attached hydrogen (secondary N) is 2. The van der Waals surface area contributed by atoms with Gasteiger partial charge in [0.15, 0.2) is 0 Å². The van der Waals surface area contributed by atoms with Crippen molar-refractivity contribution < 1.29 is 9.59 Å². The monoisotopic (exact) mass is 511 g/mol. The van der Waals surface area contributed by atoms with E-state index in [9.17, 15) is 9.59 Å². The number of fused-ring (bicyclic) bond motifs is 2. The molecule has 4 aromatic rings. The average molecular weight is 513 g/mol. The fourth-order valence-electron chi connectivity index (χ4n) is 4.00. The SMILES string of the molecule is CCn1cc(C2=C(c3c[nH]c4ccc(Br)cc34)C(=O)NC2=O)c2cc(Br)ccc21. The molecule has 2 aromatic heterocycles. The van der Waals surface area contributed by atoms with Crippen LogP contribution < -0.4 is 5.32 Å². The van der Waals surface area contributed by atoms with Gasteiger partial charge in [-0.15, -0.1) is 0 Å². The summed E-state index contributed by atoms with van der Waals surface area (Å²) in [4.78, 5) is 28.9. The van der Waals surface area contributed by atoms with E-state index in [-0.39, 0.29) is 11.8 Å². The number of benzene rings is 2. The number of carbonyl (C=O) groups is 2. The summed E-state index contributed by atoms with van der Waals surface area (Å²) in [5.41, 5.74) is 4.20. The highest BCUT2D eigenvalue weighted by molar-refractivity contribution is 9.10. The minimum atomic E-state index is -0.377. The third-order valence-corrected chi connectivity index (χ3v) is 6.28. The van der Waals surface area contributed by atoms with Gasteiger partial charge in [-0.3, -0.25) is 14.9 Å². The van der Waals surface area contributed by atoms with E-state index < -0.39 is 0 Å². The van der Waals surface area contributed by atoms with Crippen molar-refractivity contribution >= 4 is 76.6 Å². The smallest absolute Gasteiger partial charge is 0.259 e. The van der Waals surface area contributed by atoms with Gasteiger partial charge >= 0.3 is 0 Å². The van der Waals surface area contributed by atoms with Crippen LogP contribution in [-0.2, 0) is 16.1 Å². The van der Waals surface area contributed by atoms with Crippen LogP contribution in [0, 0.1) is 0 Å². The molecule has 3 heterocycles. The highest BCUT2D eigenvalue weighted by Crippen LogP contribution is 2.39. The first-order valence-electron chi connectivity index (χ1n) is 9.13. The molecule has 1 aliphatic heterocycles. The number of nitrogens with zero attached hydrogens (tertiary/aromatic N) is 1. The first-order chi connectivity index (χ1) is 14.0. The molecule has 7 heteroatoms. The molecule has 5 nitrogen and oxygen atoms in total. The number of amides is 2. The van der Waals surface area contributed by atoms with Crippen LogP contribution in [0.2, 0.25) is 0 Å². The number of aryl methyl sites for hydroxylation is 1. The average Bonchev–Trinajstić information content (AvgIpc) is 3.34. The zero-order valence-electron chi connectivity index (χ0n) is 15.3. The largest absolute Gasteiger partial charge is 0.361 e. The fraction of sp³-hybridized carbons (Fsp3) is 0.0909. The van der Waals surface area contributed by atoms with Crippen molar-refractivity contribution in [2.75, 3.05) is 0 Å². The van der Waals surface area contributed by atoms with E-state index in [4.69, 9.17) is 0 Å². The Morgan fingerprint density at radius 2 is 1.55 bits per heavy atom. The Kier molecular flexibility index (Phi) is 4.26. The number of rotatable bonds is 3. The highest BCUT2D eigenvalue weighted by Gasteiger charge is 2.35. The van der Waals surface area contributed by atoms with Gasteiger partial charge in [-0.1, -0.05) is 31.9 Å². The molecular formula is C22H15Br2N3O2. The summed E-state index contributed by atoms with van der Waals surface area (Å²) < 4.78 is 3.91. The van der Waals surface area contributed by atoms with Crippen LogP contribution in [0.1, 0.15) is 18.1 Å². The van der Waals surface area contributed by atoms with Gasteiger partial charge in [0.25, 0.3) is 11.8 Å². The molecule has 2 amide bonds. The van der Waals surface area contributed by atoms with Crippen molar-refractivity contribution in [3.63, 3.8) is 0 Å². The third-order valence-electron chi connectivity index (χ3n) is 5.30. The summed E-state index contributed by atoms with van der Waals surface area (Å²) in [6.45, 7) is 2.81. The van der Waals surface area contributed by atoms with E-state index in [1.165, 1.54) is 0 Å². The van der Waals surface area contributed by atoms with Crippen LogP contribution in [0.25, 0.3) is 33.0 Å². The van der Waals surface area contributed by atoms with E-state index in [0.29, 0.717) is 16.7 Å². The normalized spacial score (nSPS) is 14.4. The van der Waals surface area contributed by atoms with Gasteiger partial charge in [-0.2, -0.15) is 0 Å². The number of hydrogen-bond acceptors (Lipinski definition) is 2. The Morgan fingerprint density at radius 3 is 2.28 bits per heavy atom. The van der Waals surface area contributed by atoms with Crippen LogP contribution >= 0.6 is 31.9 Å². The maximum Gasteiger partial charge on any atom is 0.259 e. The van der Waals surface area contributed by atoms with Crippen molar-refractivity contribution in [2.45, 2.75) is 13.5 Å². The summed E-state index contributed by atoms with van der Waals surface area (Å²) in [7, 11) is 0. The van der Waals surface area contributed by atoms with Gasteiger partial charge in [0.05, 0.1) is 11.1 Å². The minimum Gasteiger partial charge on any atom is -0.361 e. The lowest BCUT2D eigenvalue weighted by Gasteiger charge is -2.03. The van der Waals surface area contributed by atoms with Crippen molar-refractivity contribution in [1.29, 1.82) is 0 Å². The molecule has 0 bridgehead atoms. The van der Waals surface area contributed by atoms with Crippen molar-refractivity contribution in [2.24, 2.45) is 0 Å². The molecule has 0 saturated carbocycles. The molecule has 29 heavy (non-hydrogen) atoms. The fourth-order valence-corrected chi connectivity index (χ4v) is 4.72. The van der Waals surface area contributed by atoms with Crippen LogP contribution in [0.4, 0.5) is 0 Å². The number of carbonyl (C=O) groups excluding carboxylic acids is 2. The molecule has 2 aromatic carbocycles. The number of H-pyrrole nitrogens is 1. The summed E-state index contributed by atoms with van der Waals surface area (Å²) >= 11 is 7.02. The van der Waals surface area contributed by atoms with E-state index in [0.717, 1.165) is 42.9 Å². The van der Waals surface area contributed by atoms with Crippen molar-refractivity contribution in [1.82, 2.24) is 14.9 Å². The molecule has 1 aliphatic rings. The van der Waals surface area contributed by atoms with Crippen molar-refractivity contribution in [3.05, 3.63) is 68.9 Å². The van der Waals surface area contributed by atoms with Gasteiger partial charge in [-0.05, 0) is 43.3 Å². The van der Waals surface area contributed by atoms with Crippen molar-refractivity contribution in [3.8, 4) is 0 Å². The summed E-state index contributed by atoms with van der Waals surface area (Å²) in [6.07, 6.45) is 3.74. The molecule has 0 spiro atoms. The zero-order valence-corrected chi connectivity index (χ0v) is 18.5. The molecule has 0 unspecified atom stereocenters. The number of hydrogen-bond donors (Lipinski definition) is 2. The van der Waals surface area contributed by atoms with Gasteiger partial charge in [0.1, 0.15) is 0 Å². The van der Waals surface area contributed by atoms with Gasteiger partial charge in [0.2, 0.25) is 0 Å². The number of aromatic nitrogens is 2. The summed E-state index contributed by atoms with van der Waals surface area (Å²) in [5, 5.41) is 4.31. The van der Waals surface area contributed by atoms with Crippen LogP contribution in [0.15, 0.2) is 57.7 Å². The second kappa shape index (κ2) is 6.71. The molecule has 0 fully saturated rings. The van der Waals surface area contributed by atoms with Gasteiger partial charge in [0, 0.05) is 60.8 Å². The van der Waals surface area contributed by atoms with Crippen LogP contribution in [-0.4, -0.2) is 21.4 Å². The Bertz CT molecular complexity index is 1380. The molecule has 0 saturated heterocycles. The summed E-state index contributed by atoms with van der Waals surface area (Å²) in [6, 6.07) is 11.8. The minimum absolute atomic E-state index is 0.371. The molecule has 0 atom stereocenters. The number of aromatic amines is 1. The second-order valence-corrected chi connectivity index (χ2v) is 8.75. The number of halogens is 2. The lowest BCUT2D eigenvalue weighted by molar-refractivity contribution is -0.122. The molecule has 144 valence electrons. The second-order valence-electron chi connectivity index (χ2n) is 6.92. The quantitative estimate of drug-likeness (QED) is 0.369. The Balaban J connectivity index is 1.86. The maximum atomic E-state index is 12.9. The third kappa shape index (κ3) is 2.80. The van der Waals surface area contributed by atoms with E-state index in [1.807, 2.05) is 42.6 Å². The molecule has 0 radical (unpaired) electrons. The van der Waals surface area contributed by atoms with E-state index in [2.05, 4.69) is 53.7 Å². The van der Waals surface area contributed by atoms with E-state index >= 15 is 0 Å². The first-order valence-corrected chi connectivity index (χ1v) is 10.7. The lowest BCUT2D eigenvalue weighted by atomic mass is 9.95. The Labute approximate surface area is 183 Å². The molecular weight excluding hydrogens is 498 g/mol. The maximum absolute atomic E-state index is 12.9. The Morgan fingerprint density at radius 1 is 0.897 bits per heavy atom.